The standard InChI is InChI=1S/C8H8N2/c1-3-4-8(6-10)7(2)5-9/h4H,2-3H2,1H3. The second-order valence-corrected chi connectivity index (χ2v) is 1.73. The van der Waals surface area contributed by atoms with Gasteiger partial charge in [0, 0.05) is 0 Å². The summed E-state index contributed by atoms with van der Waals surface area (Å²) in [4.78, 5) is 0. The first-order valence-corrected chi connectivity index (χ1v) is 2.95. The zero-order valence-corrected chi connectivity index (χ0v) is 5.89. The maximum atomic E-state index is 8.43. The lowest BCUT2D eigenvalue weighted by molar-refractivity contribution is 1.20. The summed E-state index contributed by atoms with van der Waals surface area (Å²) >= 11 is 0. The van der Waals surface area contributed by atoms with Crippen LogP contribution in [0.15, 0.2) is 23.8 Å². The molecule has 2 nitrogen and oxygen atoms in total. The number of hydrogen-bond donors (Lipinski definition) is 0. The number of hydrogen-bond acceptors (Lipinski definition) is 2. The normalized spacial score (nSPS) is 9.70. The second-order valence-electron chi connectivity index (χ2n) is 1.73. The van der Waals surface area contributed by atoms with Crippen molar-refractivity contribution in [3.05, 3.63) is 23.8 Å². The first kappa shape index (κ1) is 8.46. The number of nitrogens with zero attached hydrogens (tertiary/aromatic N) is 2. The van der Waals surface area contributed by atoms with Gasteiger partial charge in [-0.3, -0.25) is 0 Å². The summed E-state index contributed by atoms with van der Waals surface area (Å²) in [6.45, 7) is 5.32. The molecule has 0 aromatic rings. The Morgan fingerprint density at radius 3 is 2.40 bits per heavy atom. The Hall–Kier alpha value is -1.54. The molecule has 2 heteroatoms. The van der Waals surface area contributed by atoms with Gasteiger partial charge in [0.05, 0.1) is 17.2 Å². The van der Waals surface area contributed by atoms with Crippen LogP contribution in [0.1, 0.15) is 13.3 Å². The van der Waals surface area contributed by atoms with Gasteiger partial charge in [0.2, 0.25) is 0 Å². The molecule has 0 amide bonds. The molecule has 0 N–H and O–H groups in total. The smallest absolute Gasteiger partial charge is 0.100 e. The van der Waals surface area contributed by atoms with Crippen LogP contribution in [0.25, 0.3) is 0 Å². The van der Waals surface area contributed by atoms with E-state index in [1.54, 1.807) is 6.08 Å². The van der Waals surface area contributed by atoms with E-state index in [0.717, 1.165) is 6.42 Å². The van der Waals surface area contributed by atoms with Crippen molar-refractivity contribution in [1.29, 1.82) is 10.5 Å². The van der Waals surface area contributed by atoms with E-state index >= 15 is 0 Å². The van der Waals surface area contributed by atoms with Gasteiger partial charge in [-0.2, -0.15) is 10.5 Å². The largest absolute Gasteiger partial charge is 0.192 e. The van der Waals surface area contributed by atoms with E-state index in [1.165, 1.54) is 0 Å². The van der Waals surface area contributed by atoms with Crippen molar-refractivity contribution in [3.63, 3.8) is 0 Å². The quantitative estimate of drug-likeness (QED) is 0.425. The molecule has 10 heavy (non-hydrogen) atoms. The summed E-state index contributed by atoms with van der Waals surface area (Å²) in [6.07, 6.45) is 2.44. The maximum Gasteiger partial charge on any atom is 0.100 e. The van der Waals surface area contributed by atoms with E-state index in [2.05, 4.69) is 6.58 Å². The molecule has 0 bridgehead atoms. The van der Waals surface area contributed by atoms with Crippen LogP contribution in [0.5, 0.6) is 0 Å². The lowest BCUT2D eigenvalue weighted by Crippen LogP contribution is -1.79. The van der Waals surface area contributed by atoms with Crippen molar-refractivity contribution in [3.8, 4) is 12.1 Å². The molecule has 0 unspecified atom stereocenters. The fraction of sp³-hybridized carbons (Fsp3) is 0.250. The first-order valence-electron chi connectivity index (χ1n) is 2.95. The van der Waals surface area contributed by atoms with Crippen molar-refractivity contribution in [2.75, 3.05) is 0 Å². The highest BCUT2D eigenvalue weighted by atomic mass is 14.3. The molecule has 0 spiro atoms. The van der Waals surface area contributed by atoms with Gasteiger partial charge in [0.25, 0.3) is 0 Å². The van der Waals surface area contributed by atoms with E-state index in [4.69, 9.17) is 10.5 Å². The van der Waals surface area contributed by atoms with Crippen LogP contribution in [-0.2, 0) is 0 Å². The lowest BCUT2D eigenvalue weighted by atomic mass is 10.1. The van der Waals surface area contributed by atoms with Crippen LogP contribution in [0.4, 0.5) is 0 Å². The van der Waals surface area contributed by atoms with Crippen molar-refractivity contribution in [2.24, 2.45) is 0 Å². The third-order valence-electron chi connectivity index (χ3n) is 0.989. The fourth-order valence-corrected chi connectivity index (χ4v) is 0.501. The van der Waals surface area contributed by atoms with Crippen molar-refractivity contribution in [1.82, 2.24) is 0 Å². The maximum absolute atomic E-state index is 8.43. The van der Waals surface area contributed by atoms with Gasteiger partial charge < -0.3 is 0 Å². The molecule has 0 radical (unpaired) electrons. The Labute approximate surface area is 60.7 Å². The average molecular weight is 132 g/mol. The van der Waals surface area contributed by atoms with Crippen molar-refractivity contribution >= 4 is 0 Å². The Bertz CT molecular complexity index is 235. The van der Waals surface area contributed by atoms with E-state index in [1.807, 2.05) is 19.1 Å². The second kappa shape index (κ2) is 4.35. The Morgan fingerprint density at radius 2 is 2.10 bits per heavy atom. The summed E-state index contributed by atoms with van der Waals surface area (Å²) in [5.74, 6) is 0. The Kier molecular flexibility index (Phi) is 3.68. The predicted molar refractivity (Wildman–Crippen MR) is 38.7 cm³/mol. The third-order valence-corrected chi connectivity index (χ3v) is 0.989. The summed E-state index contributed by atoms with van der Waals surface area (Å²) in [6, 6.07) is 3.71. The molecule has 0 atom stereocenters. The molecular weight excluding hydrogens is 124 g/mol. The van der Waals surface area contributed by atoms with Crippen LogP contribution in [0.3, 0.4) is 0 Å². The summed E-state index contributed by atoms with van der Waals surface area (Å²) in [7, 11) is 0. The Morgan fingerprint density at radius 1 is 1.50 bits per heavy atom. The van der Waals surface area contributed by atoms with Gasteiger partial charge in [-0.25, -0.2) is 0 Å². The SMILES string of the molecule is C=C(C#N)C(C#N)=CCC. The minimum atomic E-state index is 0.240. The molecule has 0 rings (SSSR count). The third kappa shape index (κ3) is 2.15. The summed E-state index contributed by atoms with van der Waals surface area (Å²) in [5.41, 5.74) is 0.620. The van der Waals surface area contributed by atoms with E-state index in [0.29, 0.717) is 5.57 Å². The molecule has 0 aromatic carbocycles. The minimum absolute atomic E-state index is 0.240. The monoisotopic (exact) mass is 132 g/mol. The summed E-state index contributed by atoms with van der Waals surface area (Å²) in [5, 5.41) is 16.7. The van der Waals surface area contributed by atoms with Crippen LogP contribution < -0.4 is 0 Å². The van der Waals surface area contributed by atoms with E-state index in [9.17, 15) is 0 Å². The molecule has 0 fully saturated rings. The van der Waals surface area contributed by atoms with E-state index in [-0.39, 0.29) is 5.57 Å². The van der Waals surface area contributed by atoms with Gasteiger partial charge in [0.15, 0.2) is 0 Å². The highest BCUT2D eigenvalue weighted by Crippen LogP contribution is 2.05. The molecule has 0 aliphatic rings. The average Bonchev–Trinajstić information content (AvgIpc) is 1.99. The number of allylic oxidation sites excluding steroid dienone is 3. The lowest BCUT2D eigenvalue weighted by Gasteiger charge is -1.88. The first-order chi connectivity index (χ1) is 4.76. The molecule has 0 aromatic heterocycles. The van der Waals surface area contributed by atoms with Gasteiger partial charge in [-0.1, -0.05) is 19.6 Å². The van der Waals surface area contributed by atoms with Crippen LogP contribution in [0, 0.1) is 22.7 Å². The van der Waals surface area contributed by atoms with Gasteiger partial charge in [-0.05, 0) is 6.42 Å². The highest BCUT2D eigenvalue weighted by molar-refractivity contribution is 5.47. The molecule has 0 heterocycles. The molecule has 0 saturated heterocycles. The minimum Gasteiger partial charge on any atom is -0.192 e. The Balaban J connectivity index is 4.45. The van der Waals surface area contributed by atoms with E-state index < -0.39 is 0 Å². The zero-order valence-electron chi connectivity index (χ0n) is 5.89. The number of rotatable bonds is 2. The molecule has 0 aliphatic carbocycles. The van der Waals surface area contributed by atoms with Crippen molar-refractivity contribution in [2.45, 2.75) is 13.3 Å². The summed E-state index contributed by atoms with van der Waals surface area (Å²) < 4.78 is 0. The fourth-order valence-electron chi connectivity index (χ4n) is 0.501. The molecule has 0 aliphatic heterocycles. The van der Waals surface area contributed by atoms with Crippen LogP contribution >= 0.6 is 0 Å². The van der Waals surface area contributed by atoms with Crippen LogP contribution in [-0.4, -0.2) is 0 Å². The topological polar surface area (TPSA) is 47.6 Å². The van der Waals surface area contributed by atoms with Gasteiger partial charge in [0.1, 0.15) is 6.07 Å². The van der Waals surface area contributed by atoms with Gasteiger partial charge >= 0.3 is 0 Å². The molecule has 0 saturated carbocycles. The van der Waals surface area contributed by atoms with Crippen LogP contribution in [0.2, 0.25) is 0 Å². The van der Waals surface area contributed by atoms with Crippen molar-refractivity contribution < 1.29 is 0 Å². The predicted octanol–water partition coefficient (Wildman–Crippen LogP) is 1.93. The zero-order chi connectivity index (χ0) is 7.98. The molecular formula is C8H8N2. The van der Waals surface area contributed by atoms with Gasteiger partial charge in [-0.15, -0.1) is 0 Å². The molecule has 50 valence electrons. The highest BCUT2D eigenvalue weighted by Gasteiger charge is 1.96. The number of nitriles is 2.